The van der Waals surface area contributed by atoms with Crippen molar-refractivity contribution in [2.75, 3.05) is 71.8 Å². The number of nitrogens with one attached hydrogen (secondary N) is 1. The summed E-state index contributed by atoms with van der Waals surface area (Å²) in [5.74, 6) is 2.01. The van der Waals surface area contributed by atoms with Gasteiger partial charge in [0.05, 0.1) is 11.4 Å². The lowest BCUT2D eigenvalue weighted by atomic mass is 10.2. The molecule has 0 radical (unpaired) electrons. The van der Waals surface area contributed by atoms with Crippen molar-refractivity contribution in [3.63, 3.8) is 0 Å². The minimum absolute atomic E-state index is 0.00158. The van der Waals surface area contributed by atoms with Gasteiger partial charge in [-0.1, -0.05) is 23.7 Å². The molecule has 1 aromatic carbocycles. The van der Waals surface area contributed by atoms with E-state index in [0.717, 1.165) is 79.8 Å². The van der Waals surface area contributed by atoms with E-state index in [2.05, 4.69) is 64.2 Å². The molecule has 3 heterocycles. The number of piperazine rings is 1. The minimum atomic E-state index is 0.00158. The molecule has 0 spiro atoms. The first-order chi connectivity index (χ1) is 18.5. The molecule has 0 aliphatic carbocycles. The highest BCUT2D eigenvalue weighted by Crippen LogP contribution is 2.32. The summed E-state index contributed by atoms with van der Waals surface area (Å²) in [5.41, 5.74) is 3.01. The number of benzene rings is 1. The Morgan fingerprint density at radius 3 is 2.24 bits per heavy atom. The Kier molecular flexibility index (Phi) is 9.98. The number of hydrogen-bond donors (Lipinski definition) is 1. The summed E-state index contributed by atoms with van der Waals surface area (Å²) in [5, 5.41) is 3.37. The summed E-state index contributed by atoms with van der Waals surface area (Å²) in [6.07, 6.45) is 0. The summed E-state index contributed by atoms with van der Waals surface area (Å²) in [6.45, 7) is 15.1. The smallest absolute Gasteiger partial charge is 0.302 e. The molecule has 11 heteroatoms. The average molecular weight is 574 g/mol. The van der Waals surface area contributed by atoms with Crippen LogP contribution < -0.4 is 19.4 Å². The molecule has 204 valence electrons. The second kappa shape index (κ2) is 13.4. The Labute approximate surface area is 239 Å². The molecule has 3 aromatic rings. The third-order valence-electron chi connectivity index (χ3n) is 6.74. The van der Waals surface area contributed by atoms with Gasteiger partial charge in [-0.3, -0.25) is 9.52 Å². The van der Waals surface area contributed by atoms with Gasteiger partial charge in [0.25, 0.3) is 0 Å². The number of pyridine rings is 1. The van der Waals surface area contributed by atoms with Gasteiger partial charge in [-0.05, 0) is 52.0 Å². The van der Waals surface area contributed by atoms with Gasteiger partial charge < -0.3 is 19.6 Å². The quantitative estimate of drug-likeness (QED) is 0.274. The molecule has 1 aliphatic rings. The lowest BCUT2D eigenvalue weighted by molar-refractivity contribution is 0.219. The third-order valence-corrected chi connectivity index (χ3v) is 8.61. The van der Waals surface area contributed by atoms with Crippen LogP contribution in [0.4, 0.5) is 27.2 Å². The highest BCUT2D eigenvalue weighted by atomic mass is 35.5. The van der Waals surface area contributed by atoms with Crippen LogP contribution in [0.5, 0.6) is 0 Å². The van der Waals surface area contributed by atoms with E-state index in [9.17, 15) is 4.79 Å². The number of amides is 1. The molecule has 1 amide bonds. The van der Waals surface area contributed by atoms with Crippen molar-refractivity contribution in [2.45, 2.75) is 27.7 Å². The number of aromatic nitrogens is 2. The summed E-state index contributed by atoms with van der Waals surface area (Å²) < 4.78 is 3.13. The first-order valence-corrected chi connectivity index (χ1v) is 15.2. The summed E-state index contributed by atoms with van der Waals surface area (Å²) >= 11 is 8.55. The molecule has 1 N–H and O–H groups in total. The van der Waals surface area contributed by atoms with Gasteiger partial charge in [-0.2, -0.15) is 0 Å². The zero-order valence-corrected chi connectivity index (χ0v) is 24.9. The Morgan fingerprint density at radius 2 is 1.61 bits per heavy atom. The third kappa shape index (κ3) is 6.65. The number of carbonyl (C=O) groups excluding carboxylic acids is 1. The van der Waals surface area contributed by atoms with Crippen LogP contribution in [0.15, 0.2) is 41.8 Å². The van der Waals surface area contributed by atoms with Crippen molar-refractivity contribution in [1.82, 2.24) is 14.9 Å². The molecule has 38 heavy (non-hydrogen) atoms. The monoisotopic (exact) mass is 573 g/mol. The van der Waals surface area contributed by atoms with E-state index >= 15 is 0 Å². The van der Waals surface area contributed by atoms with Crippen LogP contribution in [0.25, 0.3) is 11.3 Å². The van der Waals surface area contributed by atoms with Gasteiger partial charge in [0.1, 0.15) is 5.82 Å². The van der Waals surface area contributed by atoms with Gasteiger partial charge in [-0.25, -0.2) is 9.97 Å². The molecule has 0 unspecified atom stereocenters. The summed E-state index contributed by atoms with van der Waals surface area (Å²) in [6, 6.07) is 11.9. The fraction of sp³-hybridized carbons (Fsp3) is 0.444. The van der Waals surface area contributed by atoms with Crippen LogP contribution >= 0.6 is 34.9 Å². The number of rotatable bonds is 10. The Balaban J connectivity index is 1.37. The maximum absolute atomic E-state index is 13.0. The standard InChI is InChI=1S/C27H36ClN7OS2/c1-5-32(6-2)23-13-14-24(33(7-3)8-4)30-25(23)34-15-17-35(18-16-34)27(36)38-31-26-29-22(19-37-26)20-9-11-21(28)12-10-20/h9-14,19H,5-8,15-18H2,1-4H3,(H,29,31). The van der Waals surface area contributed by atoms with E-state index in [-0.39, 0.29) is 5.24 Å². The number of halogens is 1. The molecule has 0 bridgehead atoms. The Morgan fingerprint density at radius 1 is 0.947 bits per heavy atom. The van der Waals surface area contributed by atoms with Crippen molar-refractivity contribution < 1.29 is 4.79 Å². The van der Waals surface area contributed by atoms with Crippen molar-refractivity contribution >= 4 is 62.6 Å². The zero-order chi connectivity index (χ0) is 27.1. The fourth-order valence-corrected chi connectivity index (χ4v) is 6.06. The number of hydrogen-bond acceptors (Lipinski definition) is 9. The molecule has 1 fully saturated rings. The molecule has 0 atom stereocenters. The second-order valence-electron chi connectivity index (χ2n) is 8.85. The maximum atomic E-state index is 13.0. The highest BCUT2D eigenvalue weighted by molar-refractivity contribution is 8.14. The van der Waals surface area contributed by atoms with Crippen LogP contribution in [-0.4, -0.2) is 72.5 Å². The number of anilines is 4. The van der Waals surface area contributed by atoms with Gasteiger partial charge in [0, 0.05) is 80.3 Å². The molecule has 8 nitrogen and oxygen atoms in total. The van der Waals surface area contributed by atoms with E-state index in [1.54, 1.807) is 0 Å². The summed E-state index contributed by atoms with van der Waals surface area (Å²) in [7, 11) is 0. The molecular formula is C27H36ClN7OS2. The van der Waals surface area contributed by atoms with E-state index in [4.69, 9.17) is 16.6 Å². The minimum Gasteiger partial charge on any atom is -0.369 e. The molecule has 2 aromatic heterocycles. The van der Waals surface area contributed by atoms with Crippen molar-refractivity contribution in [1.29, 1.82) is 0 Å². The van der Waals surface area contributed by atoms with E-state index in [1.807, 2.05) is 34.5 Å². The molecule has 1 aliphatic heterocycles. The topological polar surface area (TPSA) is 67.8 Å². The zero-order valence-electron chi connectivity index (χ0n) is 22.5. The number of thiazole rings is 1. The van der Waals surface area contributed by atoms with Crippen molar-refractivity contribution in [2.24, 2.45) is 0 Å². The van der Waals surface area contributed by atoms with E-state index < -0.39 is 0 Å². The predicted octanol–water partition coefficient (Wildman–Crippen LogP) is 6.55. The molecule has 1 saturated heterocycles. The fourth-order valence-electron chi connectivity index (χ4n) is 4.53. The van der Waals surface area contributed by atoms with E-state index in [0.29, 0.717) is 23.2 Å². The lowest BCUT2D eigenvalue weighted by Crippen LogP contribution is -2.48. The largest absolute Gasteiger partial charge is 0.369 e. The van der Waals surface area contributed by atoms with Gasteiger partial charge >= 0.3 is 5.24 Å². The highest BCUT2D eigenvalue weighted by Gasteiger charge is 2.26. The van der Waals surface area contributed by atoms with Crippen molar-refractivity contribution in [3.8, 4) is 11.3 Å². The molecular weight excluding hydrogens is 538 g/mol. The Hall–Kier alpha value is -2.69. The van der Waals surface area contributed by atoms with Crippen molar-refractivity contribution in [3.05, 3.63) is 46.8 Å². The number of nitrogens with zero attached hydrogens (tertiary/aromatic N) is 6. The van der Waals surface area contributed by atoms with Crippen LogP contribution in [0.2, 0.25) is 5.02 Å². The first kappa shape index (κ1) is 28.3. The van der Waals surface area contributed by atoms with Crippen LogP contribution in [0.1, 0.15) is 27.7 Å². The lowest BCUT2D eigenvalue weighted by Gasteiger charge is -2.37. The molecule has 4 rings (SSSR count). The van der Waals surface area contributed by atoms with Gasteiger partial charge in [0.15, 0.2) is 10.9 Å². The van der Waals surface area contributed by atoms with Crippen LogP contribution in [-0.2, 0) is 0 Å². The normalized spacial score (nSPS) is 13.5. The maximum Gasteiger partial charge on any atom is 0.302 e. The van der Waals surface area contributed by atoms with Crippen LogP contribution in [0, 0.1) is 0 Å². The molecule has 0 saturated carbocycles. The average Bonchev–Trinajstić information content (AvgIpc) is 3.43. The van der Waals surface area contributed by atoms with E-state index in [1.165, 1.54) is 11.3 Å². The SMILES string of the molecule is CCN(CC)c1ccc(N(CC)CC)c(N2CCN(C(=O)SNc3nc(-c4ccc(Cl)cc4)cs3)CC2)n1. The predicted molar refractivity (Wildman–Crippen MR) is 164 cm³/mol. The van der Waals surface area contributed by atoms with Gasteiger partial charge in [0.2, 0.25) is 0 Å². The number of carbonyl (C=O) groups is 1. The first-order valence-electron chi connectivity index (χ1n) is 13.2. The van der Waals surface area contributed by atoms with Crippen LogP contribution in [0.3, 0.4) is 0 Å². The van der Waals surface area contributed by atoms with Gasteiger partial charge in [-0.15, -0.1) is 11.3 Å². The Bertz CT molecular complexity index is 1190. The summed E-state index contributed by atoms with van der Waals surface area (Å²) in [4.78, 5) is 31.5. The second-order valence-corrected chi connectivity index (χ2v) is 10.9.